The maximum atomic E-state index is 13.2. The number of carbonyl (C=O) groups is 1. The molecule has 1 N–H and O–H groups in total. The number of rotatable bonds is 4. The molecule has 6 nitrogen and oxygen atoms in total. The molecule has 33 heavy (non-hydrogen) atoms. The molecule has 0 saturated carbocycles. The van der Waals surface area contributed by atoms with E-state index in [1.807, 2.05) is 47.4 Å². The number of amides is 1. The van der Waals surface area contributed by atoms with Crippen molar-refractivity contribution in [1.29, 1.82) is 5.26 Å². The normalized spacial score (nSPS) is 16.9. The minimum atomic E-state index is 0.0546. The van der Waals surface area contributed by atoms with Crippen LogP contribution in [0.15, 0.2) is 42.5 Å². The van der Waals surface area contributed by atoms with E-state index in [1.54, 1.807) is 0 Å². The van der Waals surface area contributed by atoms with Crippen LogP contribution < -0.4 is 0 Å². The lowest BCUT2D eigenvalue weighted by molar-refractivity contribution is 0.0602. The lowest BCUT2D eigenvalue weighted by Gasteiger charge is -2.39. The number of nitriles is 1. The van der Waals surface area contributed by atoms with Crippen molar-refractivity contribution in [3.05, 3.63) is 76.2 Å². The van der Waals surface area contributed by atoms with E-state index in [9.17, 15) is 4.79 Å². The molecular weight excluding hydrogens is 412 g/mol. The summed E-state index contributed by atoms with van der Waals surface area (Å²) in [6.07, 6.45) is 1.97. The fraction of sp³-hybridized carbons (Fsp3) is 0.370. The molecule has 2 saturated heterocycles. The van der Waals surface area contributed by atoms with Crippen LogP contribution in [0.4, 0.5) is 0 Å². The molecule has 5 rings (SSSR count). The zero-order valence-corrected chi connectivity index (χ0v) is 19.1. The lowest BCUT2D eigenvalue weighted by atomic mass is 9.90. The molecule has 0 atom stereocenters. The summed E-state index contributed by atoms with van der Waals surface area (Å²) in [5, 5.41) is 8.97. The van der Waals surface area contributed by atoms with Crippen molar-refractivity contribution in [3.8, 4) is 17.3 Å². The molecule has 2 aliphatic rings. The third-order valence-corrected chi connectivity index (χ3v) is 6.93. The Balaban J connectivity index is 1.32. The highest BCUT2D eigenvalue weighted by Gasteiger charge is 2.32. The maximum absolute atomic E-state index is 13.2. The minimum absolute atomic E-state index is 0.0546. The number of H-pyrrole nitrogens is 1. The Bertz CT molecular complexity index is 1210. The molecular formula is C27H28N4O2. The molecule has 6 heteroatoms. The lowest BCUT2D eigenvalue weighted by Crippen LogP contribution is -2.48. The Kier molecular flexibility index (Phi) is 5.74. The van der Waals surface area contributed by atoms with Gasteiger partial charge in [-0.05, 0) is 62.1 Å². The summed E-state index contributed by atoms with van der Waals surface area (Å²) >= 11 is 0. The Morgan fingerprint density at radius 1 is 1.09 bits per heavy atom. The van der Waals surface area contributed by atoms with Crippen LogP contribution in [0.1, 0.15) is 63.2 Å². The number of hydrogen-bond donors (Lipinski definition) is 1. The number of benzene rings is 2. The van der Waals surface area contributed by atoms with E-state index in [4.69, 9.17) is 15.0 Å². The van der Waals surface area contributed by atoms with E-state index in [2.05, 4.69) is 24.9 Å². The molecule has 2 fully saturated rings. The Morgan fingerprint density at radius 2 is 1.82 bits per heavy atom. The molecule has 168 valence electrons. The Labute approximate surface area is 194 Å². The topological polar surface area (TPSA) is 82.0 Å². The van der Waals surface area contributed by atoms with Crippen molar-refractivity contribution in [1.82, 2.24) is 14.9 Å². The Morgan fingerprint density at radius 3 is 2.52 bits per heavy atom. The van der Waals surface area contributed by atoms with Crippen LogP contribution in [0, 0.1) is 25.2 Å². The number of carbonyl (C=O) groups excluding carboxylic acids is 1. The molecule has 0 radical (unpaired) electrons. The van der Waals surface area contributed by atoms with E-state index < -0.39 is 0 Å². The van der Waals surface area contributed by atoms with Crippen LogP contribution in [0.5, 0.6) is 0 Å². The van der Waals surface area contributed by atoms with E-state index in [0.29, 0.717) is 36.1 Å². The fourth-order valence-electron chi connectivity index (χ4n) is 4.79. The predicted octanol–water partition coefficient (Wildman–Crippen LogP) is 4.70. The average Bonchev–Trinajstić information content (AvgIpc) is 3.20. The summed E-state index contributed by atoms with van der Waals surface area (Å²) in [4.78, 5) is 23.5. The van der Waals surface area contributed by atoms with Crippen molar-refractivity contribution in [3.63, 3.8) is 0 Å². The largest absolute Gasteiger partial charge is 0.381 e. The first-order valence-corrected chi connectivity index (χ1v) is 11.6. The van der Waals surface area contributed by atoms with E-state index >= 15 is 0 Å². The van der Waals surface area contributed by atoms with Crippen molar-refractivity contribution in [2.24, 2.45) is 0 Å². The van der Waals surface area contributed by atoms with E-state index in [-0.39, 0.29) is 5.91 Å². The number of imidazole rings is 1. The van der Waals surface area contributed by atoms with Crippen molar-refractivity contribution in [2.45, 2.75) is 38.5 Å². The second-order valence-corrected chi connectivity index (χ2v) is 9.15. The summed E-state index contributed by atoms with van der Waals surface area (Å²) in [5.41, 5.74) is 6.62. The number of nitrogens with zero attached hydrogens (tertiary/aromatic N) is 3. The molecule has 0 aliphatic carbocycles. The number of likely N-dealkylation sites (tertiary alicyclic amines) is 1. The third kappa shape index (κ3) is 4.17. The monoisotopic (exact) mass is 440 g/mol. The first-order valence-electron chi connectivity index (χ1n) is 11.6. The highest BCUT2D eigenvalue weighted by atomic mass is 16.5. The highest BCUT2D eigenvalue weighted by Crippen LogP contribution is 2.33. The summed E-state index contributed by atoms with van der Waals surface area (Å²) in [7, 11) is 0. The van der Waals surface area contributed by atoms with Crippen LogP contribution in [0.2, 0.25) is 0 Å². The predicted molar refractivity (Wildman–Crippen MR) is 126 cm³/mol. The smallest absolute Gasteiger partial charge is 0.253 e. The van der Waals surface area contributed by atoms with Crippen molar-refractivity contribution >= 4 is 5.91 Å². The van der Waals surface area contributed by atoms with Gasteiger partial charge in [0.2, 0.25) is 0 Å². The quantitative estimate of drug-likeness (QED) is 0.638. The van der Waals surface area contributed by atoms with Crippen LogP contribution >= 0.6 is 0 Å². The summed E-state index contributed by atoms with van der Waals surface area (Å²) in [5.74, 6) is 1.80. The van der Waals surface area contributed by atoms with Gasteiger partial charge in [-0.25, -0.2) is 4.98 Å². The highest BCUT2D eigenvalue weighted by molar-refractivity contribution is 5.96. The number of aryl methyl sites for hydroxylation is 2. The number of aromatic amines is 1. The zero-order valence-electron chi connectivity index (χ0n) is 19.1. The molecule has 0 unspecified atom stereocenters. The average molecular weight is 441 g/mol. The zero-order chi connectivity index (χ0) is 22.9. The first kappa shape index (κ1) is 21.4. The van der Waals surface area contributed by atoms with Crippen LogP contribution in [-0.2, 0) is 4.74 Å². The molecule has 3 aromatic rings. The van der Waals surface area contributed by atoms with Gasteiger partial charge >= 0.3 is 0 Å². The van der Waals surface area contributed by atoms with Gasteiger partial charge in [0.05, 0.1) is 17.3 Å². The number of aromatic nitrogens is 2. The van der Waals surface area contributed by atoms with Gasteiger partial charge in [-0.2, -0.15) is 5.26 Å². The van der Waals surface area contributed by atoms with Crippen molar-refractivity contribution < 1.29 is 9.53 Å². The van der Waals surface area contributed by atoms with Gasteiger partial charge in [-0.1, -0.05) is 18.2 Å². The molecule has 1 aromatic heterocycles. The van der Waals surface area contributed by atoms with E-state index in [0.717, 1.165) is 54.4 Å². The second kappa shape index (κ2) is 8.84. The molecule has 3 heterocycles. The van der Waals surface area contributed by atoms with Gasteiger partial charge < -0.3 is 14.6 Å². The summed E-state index contributed by atoms with van der Waals surface area (Å²) in [6.45, 7) is 7.07. The third-order valence-electron chi connectivity index (χ3n) is 6.93. The van der Waals surface area contributed by atoms with E-state index in [1.165, 1.54) is 5.56 Å². The van der Waals surface area contributed by atoms with Crippen LogP contribution in [-0.4, -0.2) is 47.1 Å². The molecule has 2 aliphatic heterocycles. The number of hydrogen-bond acceptors (Lipinski definition) is 4. The second-order valence-electron chi connectivity index (χ2n) is 9.15. The van der Waals surface area contributed by atoms with Crippen LogP contribution in [0.25, 0.3) is 11.3 Å². The molecule has 0 spiro atoms. The van der Waals surface area contributed by atoms with Crippen LogP contribution in [0.3, 0.4) is 0 Å². The molecule has 0 bridgehead atoms. The first-order chi connectivity index (χ1) is 16.0. The van der Waals surface area contributed by atoms with Gasteiger partial charge in [-0.15, -0.1) is 0 Å². The standard InChI is InChI=1S/C27H28N4O2/c1-17-3-6-22(27(32)31-15-23(16-31)20-7-4-19(14-28)5-8-20)13-24(17)25-18(2)29-26(30-25)21-9-11-33-12-10-21/h3-8,13,21,23H,9-12,15-16H2,1-2H3,(H,29,30). The van der Waals surface area contributed by atoms with Gasteiger partial charge in [0.15, 0.2) is 0 Å². The molecule has 1 amide bonds. The maximum Gasteiger partial charge on any atom is 0.253 e. The summed E-state index contributed by atoms with van der Waals surface area (Å²) in [6, 6.07) is 15.7. The fourth-order valence-corrected chi connectivity index (χ4v) is 4.79. The summed E-state index contributed by atoms with van der Waals surface area (Å²) < 4.78 is 5.49. The SMILES string of the molecule is Cc1ccc(C(=O)N2CC(c3ccc(C#N)cc3)C2)cc1-c1nc(C2CCOCC2)[nH]c1C. The molecule has 2 aromatic carbocycles. The number of nitrogens with one attached hydrogen (secondary N) is 1. The van der Waals surface area contributed by atoms with Crippen molar-refractivity contribution in [2.75, 3.05) is 26.3 Å². The van der Waals surface area contributed by atoms with Gasteiger partial charge in [-0.3, -0.25) is 4.79 Å². The van der Waals surface area contributed by atoms with Gasteiger partial charge in [0.25, 0.3) is 5.91 Å². The Hall–Kier alpha value is -3.43. The van der Waals surface area contributed by atoms with Gasteiger partial charge in [0, 0.05) is 55.0 Å². The minimum Gasteiger partial charge on any atom is -0.381 e. The number of ether oxygens (including phenoxy) is 1. The van der Waals surface area contributed by atoms with Gasteiger partial charge in [0.1, 0.15) is 5.82 Å².